The lowest BCUT2D eigenvalue weighted by atomic mass is 9.75. The molecule has 3 atom stereocenters. The van der Waals surface area contributed by atoms with Crippen molar-refractivity contribution in [1.29, 1.82) is 0 Å². The lowest BCUT2D eigenvalue weighted by Crippen LogP contribution is -2.22. The molecule has 0 heterocycles. The number of carboxylic acid groups (broad SMARTS) is 3. The van der Waals surface area contributed by atoms with Crippen LogP contribution in [0.5, 0.6) is 11.5 Å². The molecule has 4 N–H and O–H groups in total. The van der Waals surface area contributed by atoms with Crippen molar-refractivity contribution < 1.29 is 39.5 Å². The van der Waals surface area contributed by atoms with Crippen LogP contribution in [-0.4, -0.2) is 44.4 Å². The summed E-state index contributed by atoms with van der Waals surface area (Å²) in [6, 6.07) is 14.9. The van der Waals surface area contributed by atoms with Gasteiger partial charge in [-0.2, -0.15) is 0 Å². The normalized spacial score (nSPS) is 12.8. The van der Waals surface area contributed by atoms with Gasteiger partial charge in [-0.15, -0.1) is 0 Å². The summed E-state index contributed by atoms with van der Waals surface area (Å²) in [5, 5.41) is 41.3. The predicted octanol–water partition coefficient (Wildman–Crippen LogP) is 14.8. The van der Waals surface area contributed by atoms with E-state index in [1.807, 2.05) is 12.1 Å². The van der Waals surface area contributed by atoms with Gasteiger partial charge in [-0.05, 0) is 115 Å². The Balaban J connectivity index is 2.17. The van der Waals surface area contributed by atoms with Crippen LogP contribution >= 0.6 is 0 Å². The maximum atomic E-state index is 12.7. The first-order valence-electron chi connectivity index (χ1n) is 26.3. The van der Waals surface area contributed by atoms with Gasteiger partial charge < -0.3 is 25.2 Å². The molecule has 368 valence electrons. The zero-order valence-electron chi connectivity index (χ0n) is 42.0. The minimum Gasteiger partial charge on any atom is -0.507 e. The molecule has 8 nitrogen and oxygen atoms in total. The molecule has 0 aliphatic carbocycles. The van der Waals surface area contributed by atoms with Crippen molar-refractivity contribution in [2.45, 2.75) is 233 Å². The Labute approximate surface area is 399 Å². The van der Waals surface area contributed by atoms with Gasteiger partial charge >= 0.3 is 17.9 Å². The Morgan fingerprint density at radius 1 is 0.455 bits per heavy atom. The molecular formula is C58H88O8. The fourth-order valence-electron chi connectivity index (χ4n) is 9.98. The molecule has 3 unspecified atom stereocenters. The first-order chi connectivity index (χ1) is 31.8. The number of phenolic OH excluding ortho intramolecular Hbond substituents is 1. The lowest BCUT2D eigenvalue weighted by Gasteiger charge is -2.30. The number of phenols is 1. The molecule has 0 fully saturated rings. The average molecular weight is 913 g/mol. The summed E-state index contributed by atoms with van der Waals surface area (Å²) < 4.78 is 7.12. The van der Waals surface area contributed by atoms with E-state index in [4.69, 9.17) is 4.74 Å². The second-order valence-corrected chi connectivity index (χ2v) is 19.3. The Morgan fingerprint density at radius 2 is 0.970 bits per heavy atom. The van der Waals surface area contributed by atoms with Crippen LogP contribution in [0.1, 0.15) is 226 Å². The smallest absolute Gasteiger partial charge is 0.307 e. The zero-order chi connectivity index (χ0) is 48.3. The number of carbonyl (C=O) groups is 3. The zero-order valence-corrected chi connectivity index (χ0v) is 42.0. The summed E-state index contributed by atoms with van der Waals surface area (Å²) >= 11 is 0. The van der Waals surface area contributed by atoms with Crippen molar-refractivity contribution in [3.05, 3.63) is 92.5 Å². The number of ether oxygens (including phenoxy) is 1. The quantitative estimate of drug-likeness (QED) is 0.0419. The number of carboxylic acids is 3. The third-order valence-corrected chi connectivity index (χ3v) is 13.3. The Hall–Kier alpha value is -4.33. The van der Waals surface area contributed by atoms with Crippen molar-refractivity contribution in [3.8, 4) is 11.5 Å². The fourth-order valence-corrected chi connectivity index (χ4v) is 9.98. The summed E-state index contributed by atoms with van der Waals surface area (Å²) in [5.74, 6) is -1.46. The number of benzene rings is 3. The fraction of sp³-hybridized carbons (Fsp3) is 0.638. The summed E-state index contributed by atoms with van der Waals surface area (Å²) in [4.78, 5) is 36.7. The first kappa shape index (κ1) is 56.0. The molecule has 0 radical (unpaired) electrons. The van der Waals surface area contributed by atoms with Crippen LogP contribution in [0.2, 0.25) is 0 Å². The molecule has 0 bridgehead atoms. The molecule has 3 rings (SSSR count). The average Bonchev–Trinajstić information content (AvgIpc) is 3.26. The summed E-state index contributed by atoms with van der Waals surface area (Å²) in [6.07, 6.45) is 23.8. The second kappa shape index (κ2) is 31.6. The Kier molecular flexibility index (Phi) is 26.8. The summed E-state index contributed by atoms with van der Waals surface area (Å²) in [5.41, 5.74) is 8.32. The lowest BCUT2D eigenvalue weighted by molar-refractivity contribution is -0.137. The highest BCUT2D eigenvalue weighted by Crippen LogP contribution is 2.39. The molecule has 66 heavy (non-hydrogen) atoms. The summed E-state index contributed by atoms with van der Waals surface area (Å²) in [6.45, 7) is 13.2. The van der Waals surface area contributed by atoms with Gasteiger partial charge in [0, 0.05) is 17.5 Å². The van der Waals surface area contributed by atoms with Crippen molar-refractivity contribution in [2.75, 3.05) is 0 Å². The standard InChI is InChI=1S/C58H88O8/c1-7-13-18-22-25-42-30-43(39-54(59)60)35-49(31-42)53(29-21-16-10-4)46(24-12-6)32-44-34-48(27-20-15-9-3)58(51(37-44)41-56(63)64)66-52(28-17-11-5)38-45-33-47(26-23-19-14-8-2)57(65)50(36-45)40-55(61)62/h30-31,33-37,46,52-53,65H,7-29,32,38-41H2,1-6H3,(H,59,60)(H,61,62)(H,63,64). The molecule has 0 saturated heterocycles. The van der Waals surface area contributed by atoms with E-state index in [1.165, 1.54) is 24.0 Å². The van der Waals surface area contributed by atoms with Gasteiger partial charge in [0.15, 0.2) is 0 Å². The monoisotopic (exact) mass is 913 g/mol. The van der Waals surface area contributed by atoms with E-state index in [1.54, 1.807) is 0 Å². The summed E-state index contributed by atoms with van der Waals surface area (Å²) in [7, 11) is 0. The van der Waals surface area contributed by atoms with E-state index in [2.05, 4.69) is 71.9 Å². The number of unbranched alkanes of at least 4 members (excludes halogenated alkanes) is 11. The van der Waals surface area contributed by atoms with E-state index >= 15 is 0 Å². The second-order valence-electron chi connectivity index (χ2n) is 19.3. The number of hydrogen-bond acceptors (Lipinski definition) is 5. The van der Waals surface area contributed by atoms with E-state index in [0.29, 0.717) is 29.7 Å². The van der Waals surface area contributed by atoms with Crippen LogP contribution < -0.4 is 4.74 Å². The molecule has 3 aromatic rings. The van der Waals surface area contributed by atoms with Crippen LogP contribution in [0.4, 0.5) is 0 Å². The van der Waals surface area contributed by atoms with Gasteiger partial charge in [0.2, 0.25) is 0 Å². The van der Waals surface area contributed by atoms with Crippen LogP contribution in [0, 0.1) is 5.92 Å². The van der Waals surface area contributed by atoms with Crippen molar-refractivity contribution >= 4 is 17.9 Å². The third-order valence-electron chi connectivity index (χ3n) is 13.3. The number of aromatic hydroxyl groups is 1. The number of rotatable bonds is 37. The van der Waals surface area contributed by atoms with Gasteiger partial charge in [0.1, 0.15) is 17.6 Å². The van der Waals surface area contributed by atoms with Crippen molar-refractivity contribution in [2.24, 2.45) is 5.92 Å². The molecule has 0 aromatic heterocycles. The SMILES string of the molecule is CCCCCCc1cc(CC(=O)O)cc(C(CCCCC)C(CCC)Cc2cc(CCCCC)c(OC(CCCC)Cc3cc(CCCCCC)c(O)c(CC(=O)O)c3)c(CC(=O)O)c2)c1. The third kappa shape index (κ3) is 20.3. The molecular weight excluding hydrogens is 825 g/mol. The predicted molar refractivity (Wildman–Crippen MR) is 271 cm³/mol. The van der Waals surface area contributed by atoms with Crippen LogP contribution in [-0.2, 0) is 65.8 Å². The molecule has 0 spiro atoms. The van der Waals surface area contributed by atoms with E-state index in [0.717, 1.165) is 163 Å². The molecule has 0 aliphatic heterocycles. The van der Waals surface area contributed by atoms with Gasteiger partial charge in [0.25, 0.3) is 0 Å². The van der Waals surface area contributed by atoms with Crippen molar-refractivity contribution in [1.82, 2.24) is 0 Å². The molecule has 3 aromatic carbocycles. The van der Waals surface area contributed by atoms with Crippen LogP contribution in [0.25, 0.3) is 0 Å². The number of aliphatic carboxylic acids is 3. The number of hydrogen-bond donors (Lipinski definition) is 4. The van der Waals surface area contributed by atoms with Crippen LogP contribution in [0.3, 0.4) is 0 Å². The van der Waals surface area contributed by atoms with E-state index in [-0.39, 0.29) is 43.0 Å². The molecule has 0 aliphatic rings. The van der Waals surface area contributed by atoms with Gasteiger partial charge in [-0.1, -0.05) is 174 Å². The van der Waals surface area contributed by atoms with Crippen LogP contribution in [0.15, 0.2) is 42.5 Å². The van der Waals surface area contributed by atoms with Gasteiger partial charge in [0.05, 0.1) is 19.3 Å². The van der Waals surface area contributed by atoms with Crippen molar-refractivity contribution in [3.63, 3.8) is 0 Å². The Morgan fingerprint density at radius 3 is 1.61 bits per heavy atom. The maximum Gasteiger partial charge on any atom is 0.307 e. The highest BCUT2D eigenvalue weighted by molar-refractivity contribution is 5.73. The highest BCUT2D eigenvalue weighted by atomic mass is 16.5. The Bertz CT molecular complexity index is 1900. The minimum absolute atomic E-state index is 0.00670. The topological polar surface area (TPSA) is 141 Å². The van der Waals surface area contributed by atoms with E-state index < -0.39 is 17.9 Å². The van der Waals surface area contributed by atoms with Gasteiger partial charge in [-0.25, -0.2) is 0 Å². The molecule has 8 heteroatoms. The largest absolute Gasteiger partial charge is 0.507 e. The molecule has 0 saturated carbocycles. The first-order valence-corrected chi connectivity index (χ1v) is 26.3. The molecule has 0 amide bonds. The minimum atomic E-state index is -0.990. The van der Waals surface area contributed by atoms with Gasteiger partial charge in [-0.3, -0.25) is 14.4 Å². The number of aryl methyl sites for hydroxylation is 3. The highest BCUT2D eigenvalue weighted by Gasteiger charge is 2.27. The maximum absolute atomic E-state index is 12.7. The van der Waals surface area contributed by atoms with E-state index in [9.17, 15) is 34.8 Å².